The van der Waals surface area contributed by atoms with E-state index in [-0.39, 0.29) is 17.5 Å². The van der Waals surface area contributed by atoms with E-state index in [0.29, 0.717) is 12.1 Å². The van der Waals surface area contributed by atoms with Gasteiger partial charge in [-0.25, -0.2) is 9.67 Å². The molecule has 0 bridgehead atoms. The molecule has 1 atom stereocenters. The van der Waals surface area contributed by atoms with Crippen LogP contribution in [0.15, 0.2) is 55.2 Å². The first-order valence-electron chi connectivity index (χ1n) is 9.68. The van der Waals surface area contributed by atoms with Crippen LogP contribution in [0.5, 0.6) is 0 Å². The summed E-state index contributed by atoms with van der Waals surface area (Å²) in [4.78, 5) is 16.8. The molecule has 2 aromatic heterocycles. The van der Waals surface area contributed by atoms with E-state index in [1.807, 2.05) is 33.6 Å². The Kier molecular flexibility index (Phi) is 4.90. The summed E-state index contributed by atoms with van der Waals surface area (Å²) in [6, 6.07) is 10.5. The van der Waals surface area contributed by atoms with E-state index in [4.69, 9.17) is 0 Å². The number of aromatic nitrogens is 4. The van der Waals surface area contributed by atoms with Gasteiger partial charge in [-0.3, -0.25) is 4.79 Å². The van der Waals surface area contributed by atoms with Crippen molar-refractivity contribution in [3.05, 3.63) is 66.4 Å². The minimum absolute atomic E-state index is 0.0936. The molecule has 7 nitrogen and oxygen atoms in total. The maximum atomic E-state index is 12.8. The first-order valence-corrected chi connectivity index (χ1v) is 9.68. The zero-order valence-electron chi connectivity index (χ0n) is 16.3. The van der Waals surface area contributed by atoms with Crippen molar-refractivity contribution >= 4 is 11.7 Å². The first-order chi connectivity index (χ1) is 13.5. The van der Waals surface area contributed by atoms with Crippen molar-refractivity contribution in [1.29, 1.82) is 0 Å². The Balaban J connectivity index is 1.46. The molecule has 0 saturated carbocycles. The van der Waals surface area contributed by atoms with E-state index < -0.39 is 0 Å². The number of nitrogens with zero attached hydrogens (tertiary/aromatic N) is 4. The molecule has 28 heavy (non-hydrogen) atoms. The lowest BCUT2D eigenvalue weighted by Crippen LogP contribution is -2.38. The monoisotopic (exact) mass is 378 g/mol. The highest BCUT2D eigenvalue weighted by molar-refractivity contribution is 5.98. The Bertz CT molecular complexity index is 929. The van der Waals surface area contributed by atoms with Crippen LogP contribution in [0.25, 0.3) is 0 Å². The van der Waals surface area contributed by atoms with E-state index in [2.05, 4.69) is 46.7 Å². The van der Waals surface area contributed by atoms with Crippen molar-refractivity contribution < 1.29 is 4.79 Å². The van der Waals surface area contributed by atoms with E-state index in [0.717, 1.165) is 25.2 Å². The topological polar surface area (TPSA) is 76.8 Å². The van der Waals surface area contributed by atoms with E-state index in [1.54, 1.807) is 18.7 Å². The lowest BCUT2D eigenvalue weighted by Gasteiger charge is -2.38. The predicted molar refractivity (Wildman–Crippen MR) is 108 cm³/mol. The number of anilines is 1. The fourth-order valence-corrected chi connectivity index (χ4v) is 3.78. The summed E-state index contributed by atoms with van der Waals surface area (Å²) in [7, 11) is 0. The Hall–Kier alpha value is -3.09. The van der Waals surface area contributed by atoms with E-state index >= 15 is 0 Å². The highest BCUT2D eigenvalue weighted by Crippen LogP contribution is 2.39. The normalized spacial score (nSPS) is 17.6. The predicted octanol–water partition coefficient (Wildman–Crippen LogP) is 3.19. The number of nitrogens with one attached hydrogen (secondary N) is 2. The first kappa shape index (κ1) is 18.3. The molecule has 1 aliphatic heterocycles. The van der Waals surface area contributed by atoms with Crippen LogP contribution >= 0.6 is 0 Å². The molecule has 7 heteroatoms. The Labute approximate surface area is 164 Å². The van der Waals surface area contributed by atoms with Gasteiger partial charge in [0, 0.05) is 25.5 Å². The third-order valence-electron chi connectivity index (χ3n) is 5.24. The number of fused-ring (bicyclic) bond motifs is 1. The smallest absolute Gasteiger partial charge is 0.256 e. The third-order valence-corrected chi connectivity index (χ3v) is 5.24. The fraction of sp³-hybridized carbons (Fsp3) is 0.381. The lowest BCUT2D eigenvalue weighted by atomic mass is 9.89. The molecule has 4 rings (SSSR count). The molecule has 1 aliphatic rings. The molecule has 0 saturated heterocycles. The largest absolute Gasteiger partial charge is 0.363 e. The van der Waals surface area contributed by atoms with Gasteiger partial charge in [0.15, 0.2) is 0 Å². The molecule has 1 amide bonds. The summed E-state index contributed by atoms with van der Waals surface area (Å²) in [6.45, 7) is 5.75. The van der Waals surface area contributed by atoms with Gasteiger partial charge in [0.1, 0.15) is 11.4 Å². The molecule has 3 heterocycles. The summed E-state index contributed by atoms with van der Waals surface area (Å²) in [5.41, 5.74) is 1.63. The molecule has 1 unspecified atom stereocenters. The number of amides is 1. The molecule has 146 valence electrons. The summed E-state index contributed by atoms with van der Waals surface area (Å²) < 4.78 is 3.94. The van der Waals surface area contributed by atoms with Crippen LogP contribution in [0.4, 0.5) is 5.82 Å². The summed E-state index contributed by atoms with van der Waals surface area (Å²) in [5.74, 6) is 0.695. The van der Waals surface area contributed by atoms with Crippen LogP contribution in [-0.4, -0.2) is 31.8 Å². The second-order valence-electron chi connectivity index (χ2n) is 7.85. The molecule has 0 aliphatic carbocycles. The van der Waals surface area contributed by atoms with Crippen molar-refractivity contribution in [3.63, 3.8) is 0 Å². The molecule has 2 N–H and O–H groups in total. The van der Waals surface area contributed by atoms with Gasteiger partial charge in [0.25, 0.3) is 5.91 Å². The fourth-order valence-electron chi connectivity index (χ4n) is 3.78. The molecular formula is C21H26N6O. The highest BCUT2D eigenvalue weighted by Gasteiger charge is 2.36. The molecule has 0 fully saturated rings. The highest BCUT2D eigenvalue weighted by atomic mass is 16.1. The minimum Gasteiger partial charge on any atom is -0.363 e. The van der Waals surface area contributed by atoms with Crippen molar-refractivity contribution in [2.45, 2.75) is 44.8 Å². The van der Waals surface area contributed by atoms with Crippen LogP contribution in [0.3, 0.4) is 0 Å². The van der Waals surface area contributed by atoms with Gasteiger partial charge in [-0.2, -0.15) is 5.10 Å². The van der Waals surface area contributed by atoms with Crippen molar-refractivity contribution in [3.8, 4) is 0 Å². The average Bonchev–Trinajstić information content (AvgIpc) is 3.35. The number of imidazole rings is 1. The van der Waals surface area contributed by atoms with Gasteiger partial charge >= 0.3 is 0 Å². The lowest BCUT2D eigenvalue weighted by molar-refractivity contribution is 0.0953. The second-order valence-corrected chi connectivity index (χ2v) is 7.85. The molecular weight excluding hydrogens is 352 g/mol. The maximum Gasteiger partial charge on any atom is 0.256 e. The van der Waals surface area contributed by atoms with Crippen molar-refractivity contribution in [2.75, 3.05) is 11.9 Å². The van der Waals surface area contributed by atoms with Gasteiger partial charge < -0.3 is 15.2 Å². The van der Waals surface area contributed by atoms with Crippen LogP contribution in [0.1, 0.15) is 48.7 Å². The van der Waals surface area contributed by atoms with Crippen LogP contribution < -0.4 is 10.6 Å². The van der Waals surface area contributed by atoms with Crippen molar-refractivity contribution in [2.24, 2.45) is 0 Å². The molecule has 3 aromatic rings. The average molecular weight is 378 g/mol. The van der Waals surface area contributed by atoms with Gasteiger partial charge in [0.2, 0.25) is 0 Å². The van der Waals surface area contributed by atoms with Gasteiger partial charge in [-0.05, 0) is 32.3 Å². The number of carbonyl (C=O) groups excluding carboxylic acids is 1. The SMILES string of the molecule is CC1(C)CC(c2ccccc2)Nc2c(C(=O)NCCCn3ccnc3)cnn21. The Morgan fingerprint density at radius 2 is 2.14 bits per heavy atom. The second kappa shape index (κ2) is 7.50. The number of rotatable bonds is 6. The van der Waals surface area contributed by atoms with E-state index in [9.17, 15) is 4.79 Å². The zero-order chi connectivity index (χ0) is 19.6. The standard InChI is InChI=1S/C21H26N6O/c1-21(2)13-18(16-7-4-3-5-8-16)25-19-17(14-24-27(19)21)20(28)23-9-6-11-26-12-10-22-15-26/h3-5,7-8,10,12,14-15,18,25H,6,9,11,13H2,1-2H3,(H,23,28). The molecule has 0 spiro atoms. The minimum atomic E-state index is -0.180. The van der Waals surface area contributed by atoms with Crippen LogP contribution in [0, 0.1) is 0 Å². The summed E-state index contributed by atoms with van der Waals surface area (Å²) in [5, 5.41) is 11.1. The molecule has 1 aromatic carbocycles. The maximum absolute atomic E-state index is 12.8. The molecule has 0 radical (unpaired) electrons. The summed E-state index contributed by atoms with van der Waals surface area (Å²) in [6.07, 6.45) is 8.88. The number of aryl methyl sites for hydroxylation is 1. The number of carbonyl (C=O) groups is 1. The van der Waals surface area contributed by atoms with Gasteiger partial charge in [-0.15, -0.1) is 0 Å². The van der Waals surface area contributed by atoms with E-state index in [1.165, 1.54) is 5.56 Å². The summed E-state index contributed by atoms with van der Waals surface area (Å²) >= 11 is 0. The number of hydrogen-bond acceptors (Lipinski definition) is 4. The number of benzene rings is 1. The van der Waals surface area contributed by atoms with Crippen LogP contribution in [0.2, 0.25) is 0 Å². The van der Waals surface area contributed by atoms with Crippen LogP contribution in [-0.2, 0) is 12.1 Å². The Morgan fingerprint density at radius 3 is 2.89 bits per heavy atom. The third kappa shape index (κ3) is 3.65. The van der Waals surface area contributed by atoms with Crippen molar-refractivity contribution in [1.82, 2.24) is 24.6 Å². The zero-order valence-corrected chi connectivity index (χ0v) is 16.3. The quantitative estimate of drug-likeness (QED) is 0.646. The van der Waals surface area contributed by atoms with Gasteiger partial charge in [0.05, 0.1) is 24.1 Å². The van der Waals surface area contributed by atoms with Gasteiger partial charge in [-0.1, -0.05) is 30.3 Å². The number of hydrogen-bond donors (Lipinski definition) is 2. The Morgan fingerprint density at radius 1 is 1.32 bits per heavy atom.